The van der Waals surface area contributed by atoms with Crippen molar-refractivity contribution >= 4 is 66.0 Å². The Morgan fingerprint density at radius 3 is 2.18 bits per heavy atom. The first-order valence-corrected chi connectivity index (χ1v) is 13.2. The summed E-state index contributed by atoms with van der Waals surface area (Å²) in [6.45, 7) is 5.56. The molecule has 2 aliphatic rings. The normalized spacial score (nSPS) is 24.1. The van der Waals surface area contributed by atoms with Crippen molar-refractivity contribution in [1.82, 2.24) is 4.40 Å². The highest BCUT2D eigenvalue weighted by atomic mass is 79.9. The maximum Gasteiger partial charge on any atom is 0.356 e. The number of carbonyl (C=O) groups is 2. The number of ether oxygens (including phenoxy) is 2. The maximum absolute atomic E-state index is 13.9. The Hall–Kier alpha value is -3.78. The number of hydrogen-bond donors (Lipinski definition) is 0. The van der Waals surface area contributed by atoms with Crippen LogP contribution in [0.1, 0.15) is 33.6 Å². The SMILES string of the molecule is CC1(C)[C@@]2(C)CC[C@]1(C(=O)Oc1cccc3c(=O)c4cc(Br)cc5c(=O)c6ccccc6n(c13)c54)OC2=O. The lowest BCUT2D eigenvalue weighted by Gasteiger charge is -2.34. The van der Waals surface area contributed by atoms with E-state index in [2.05, 4.69) is 15.9 Å². The molecule has 0 radical (unpaired) electrons. The first-order valence-electron chi connectivity index (χ1n) is 12.4. The Morgan fingerprint density at radius 2 is 1.53 bits per heavy atom. The molecule has 7 nitrogen and oxygen atoms in total. The van der Waals surface area contributed by atoms with Crippen LogP contribution in [0, 0.1) is 10.8 Å². The van der Waals surface area contributed by atoms with Gasteiger partial charge in [0, 0.05) is 26.0 Å². The van der Waals surface area contributed by atoms with Gasteiger partial charge in [0.05, 0.1) is 21.8 Å². The fraction of sp³-hybridized carbons (Fsp3) is 0.267. The minimum absolute atomic E-state index is 0.159. The quantitative estimate of drug-likeness (QED) is 0.123. The summed E-state index contributed by atoms with van der Waals surface area (Å²) < 4.78 is 14.3. The van der Waals surface area contributed by atoms with Gasteiger partial charge in [0.25, 0.3) is 0 Å². The highest BCUT2D eigenvalue weighted by molar-refractivity contribution is 9.10. The zero-order valence-corrected chi connectivity index (χ0v) is 22.5. The van der Waals surface area contributed by atoms with E-state index in [4.69, 9.17) is 9.47 Å². The van der Waals surface area contributed by atoms with Crippen molar-refractivity contribution in [3.05, 3.63) is 79.5 Å². The molecule has 5 aromatic rings. The summed E-state index contributed by atoms with van der Waals surface area (Å²) in [6, 6.07) is 15.5. The van der Waals surface area contributed by atoms with Crippen LogP contribution >= 0.6 is 15.9 Å². The zero-order chi connectivity index (χ0) is 26.8. The second-order valence-corrected chi connectivity index (χ2v) is 12.0. The molecule has 2 fully saturated rings. The number of halogens is 1. The Balaban J connectivity index is 1.57. The number of nitrogens with zero attached hydrogens (tertiary/aromatic N) is 1. The zero-order valence-electron chi connectivity index (χ0n) is 20.9. The Labute approximate surface area is 224 Å². The number of benzene rings is 3. The highest BCUT2D eigenvalue weighted by Gasteiger charge is 2.76. The second-order valence-electron chi connectivity index (χ2n) is 11.1. The number of esters is 2. The molecule has 8 heteroatoms. The van der Waals surface area contributed by atoms with Crippen molar-refractivity contribution in [2.45, 2.75) is 39.2 Å². The molecule has 1 saturated heterocycles. The van der Waals surface area contributed by atoms with Gasteiger partial charge in [0.2, 0.25) is 5.60 Å². The molecule has 0 N–H and O–H groups in total. The molecule has 2 aromatic heterocycles. The van der Waals surface area contributed by atoms with E-state index in [1.54, 1.807) is 42.5 Å². The smallest absolute Gasteiger partial charge is 0.356 e. The van der Waals surface area contributed by atoms with Gasteiger partial charge in [0.15, 0.2) is 16.6 Å². The maximum atomic E-state index is 13.9. The average Bonchev–Trinajstić information content (AvgIpc) is 3.19. The monoisotopic (exact) mass is 571 g/mol. The fourth-order valence-electron chi connectivity index (χ4n) is 6.59. The molecule has 0 unspecified atom stereocenters. The molecule has 38 heavy (non-hydrogen) atoms. The van der Waals surface area contributed by atoms with Crippen LogP contribution in [-0.2, 0) is 14.3 Å². The van der Waals surface area contributed by atoms with Crippen LogP contribution in [0.3, 0.4) is 0 Å². The van der Waals surface area contributed by atoms with Gasteiger partial charge in [-0.25, -0.2) is 4.79 Å². The third-order valence-corrected chi connectivity index (χ3v) is 9.72. The van der Waals surface area contributed by atoms with E-state index >= 15 is 0 Å². The molecule has 190 valence electrons. The van der Waals surface area contributed by atoms with Crippen LogP contribution < -0.4 is 15.6 Å². The lowest BCUT2D eigenvalue weighted by molar-refractivity contribution is -0.176. The van der Waals surface area contributed by atoms with E-state index in [-0.39, 0.29) is 16.6 Å². The van der Waals surface area contributed by atoms with Crippen LogP contribution in [0.4, 0.5) is 0 Å². The molecule has 0 spiro atoms. The summed E-state index contributed by atoms with van der Waals surface area (Å²) in [6.07, 6.45) is 0.879. The molecule has 1 saturated carbocycles. The molecule has 3 aromatic carbocycles. The molecule has 1 aliphatic heterocycles. The summed E-state index contributed by atoms with van der Waals surface area (Å²) in [7, 11) is 0. The van der Waals surface area contributed by atoms with Gasteiger partial charge in [-0.15, -0.1) is 0 Å². The topological polar surface area (TPSA) is 91.2 Å². The molecule has 7 rings (SSSR count). The van der Waals surface area contributed by atoms with Crippen molar-refractivity contribution in [3.63, 3.8) is 0 Å². The van der Waals surface area contributed by atoms with E-state index in [0.29, 0.717) is 55.4 Å². The molecular formula is C30H22BrNO6. The van der Waals surface area contributed by atoms with Crippen LogP contribution in [0.25, 0.3) is 38.1 Å². The Morgan fingerprint density at radius 1 is 0.868 bits per heavy atom. The number of fused-ring (bicyclic) bond motifs is 6. The highest BCUT2D eigenvalue weighted by Crippen LogP contribution is 2.65. The Kier molecular flexibility index (Phi) is 4.42. The molecule has 0 amide bonds. The van der Waals surface area contributed by atoms with Gasteiger partial charge in [0.1, 0.15) is 5.52 Å². The third kappa shape index (κ3) is 2.54. The van der Waals surface area contributed by atoms with Crippen molar-refractivity contribution in [1.29, 1.82) is 0 Å². The van der Waals surface area contributed by atoms with Gasteiger partial charge >= 0.3 is 11.9 Å². The molecule has 2 bridgehead atoms. The van der Waals surface area contributed by atoms with Crippen LogP contribution in [0.2, 0.25) is 0 Å². The predicted octanol–water partition coefficient (Wildman–Crippen LogP) is 5.35. The Bertz CT molecular complexity index is 2010. The van der Waals surface area contributed by atoms with Crippen molar-refractivity contribution in [2.24, 2.45) is 10.8 Å². The van der Waals surface area contributed by atoms with Gasteiger partial charge < -0.3 is 13.9 Å². The summed E-state index contributed by atoms with van der Waals surface area (Å²) in [4.78, 5) is 53.9. The number of hydrogen-bond acceptors (Lipinski definition) is 6. The lowest BCUT2D eigenvalue weighted by Crippen LogP contribution is -2.50. The largest absolute Gasteiger partial charge is 0.446 e. The van der Waals surface area contributed by atoms with Crippen LogP contribution in [0.15, 0.2) is 68.7 Å². The molecule has 2 atom stereocenters. The van der Waals surface area contributed by atoms with E-state index in [0.717, 1.165) is 0 Å². The van der Waals surface area contributed by atoms with Crippen molar-refractivity contribution < 1.29 is 19.1 Å². The second kappa shape index (κ2) is 7.20. The van der Waals surface area contributed by atoms with Crippen LogP contribution in [-0.4, -0.2) is 21.9 Å². The number of pyridine rings is 2. The lowest BCUT2D eigenvalue weighted by atomic mass is 9.66. The molecular weight excluding hydrogens is 550 g/mol. The van der Waals surface area contributed by atoms with Crippen molar-refractivity contribution in [2.75, 3.05) is 0 Å². The summed E-state index contributed by atoms with van der Waals surface area (Å²) in [5.41, 5.74) is -2.05. The third-order valence-electron chi connectivity index (χ3n) is 9.26. The van der Waals surface area contributed by atoms with E-state index in [1.807, 2.05) is 37.3 Å². The predicted molar refractivity (Wildman–Crippen MR) is 147 cm³/mol. The van der Waals surface area contributed by atoms with E-state index in [9.17, 15) is 19.2 Å². The van der Waals surface area contributed by atoms with Crippen LogP contribution in [0.5, 0.6) is 5.75 Å². The first-order chi connectivity index (χ1) is 18.0. The average molecular weight is 572 g/mol. The number of aromatic nitrogens is 1. The van der Waals surface area contributed by atoms with E-state index in [1.165, 1.54) is 0 Å². The first kappa shape index (κ1) is 23.3. The van der Waals surface area contributed by atoms with Gasteiger partial charge in [-0.1, -0.05) is 48.0 Å². The number of carbonyl (C=O) groups excluding carboxylic acids is 2. The van der Waals surface area contributed by atoms with Gasteiger partial charge in [-0.3, -0.25) is 14.4 Å². The standard InChI is InChI=1S/C30H22BrNO6/c1-28(2)29(3)11-12-30(28,38-26(29)35)27(36)37-21-10-6-8-17-23(21)32-20-9-5-4-7-16(20)24(33)18-13-15(31)14-19(22(18)32)25(17)34/h4-10,13-14H,11-12H2,1-3H3/t29-,30+/m0/s1. The molecule has 1 aliphatic carbocycles. The summed E-state index contributed by atoms with van der Waals surface area (Å²) >= 11 is 3.45. The van der Waals surface area contributed by atoms with Gasteiger partial charge in [-0.2, -0.15) is 0 Å². The van der Waals surface area contributed by atoms with Gasteiger partial charge in [-0.05, 0) is 56.2 Å². The summed E-state index contributed by atoms with van der Waals surface area (Å²) in [5.74, 6) is -0.907. The minimum Gasteiger partial charge on any atom is -0.446 e. The summed E-state index contributed by atoms with van der Waals surface area (Å²) in [5, 5.41) is 1.57. The van der Waals surface area contributed by atoms with E-state index < -0.39 is 28.4 Å². The number of rotatable bonds is 2. The minimum atomic E-state index is -1.43. The fourth-order valence-corrected chi connectivity index (χ4v) is 7.05. The molecule has 3 heterocycles. The van der Waals surface area contributed by atoms with Crippen molar-refractivity contribution in [3.8, 4) is 5.75 Å². The number of para-hydroxylation sites is 2.